The molecular weight excluding hydrogens is 266 g/mol. The zero-order valence-electron chi connectivity index (χ0n) is 10.5. The van der Waals surface area contributed by atoms with Crippen LogP contribution in [0.3, 0.4) is 0 Å². The fourth-order valence-electron chi connectivity index (χ4n) is 1.60. The first-order valence-corrected chi connectivity index (χ1v) is 6.80. The minimum atomic E-state index is -0.436. The maximum Gasteiger partial charge on any atom is 0.286 e. The Morgan fingerprint density at radius 1 is 1.53 bits per heavy atom. The topological polar surface area (TPSA) is 80.3 Å². The van der Waals surface area contributed by atoms with Gasteiger partial charge < -0.3 is 10.1 Å². The number of pyridine rings is 1. The second-order valence-electron chi connectivity index (χ2n) is 4.18. The number of aromatic nitrogens is 1. The molecule has 2 unspecified atom stereocenters. The van der Waals surface area contributed by atoms with E-state index in [2.05, 4.69) is 15.6 Å². The fourth-order valence-corrected chi connectivity index (χ4v) is 2.35. The molecule has 1 aromatic heterocycles. The fraction of sp³-hybridized carbons (Fsp3) is 0.417. The summed E-state index contributed by atoms with van der Waals surface area (Å²) in [5, 5.41) is 4.66. The van der Waals surface area contributed by atoms with Crippen molar-refractivity contribution < 1.29 is 14.3 Å². The lowest BCUT2D eigenvalue weighted by atomic mass is 10.3. The summed E-state index contributed by atoms with van der Waals surface area (Å²) < 4.78 is 5.45. The minimum Gasteiger partial charge on any atom is -0.378 e. The van der Waals surface area contributed by atoms with Crippen molar-refractivity contribution in [2.75, 3.05) is 18.5 Å². The molecule has 2 atom stereocenters. The number of anilines is 1. The predicted molar refractivity (Wildman–Crippen MR) is 73.1 cm³/mol. The van der Waals surface area contributed by atoms with Gasteiger partial charge in [0.25, 0.3) is 5.24 Å². The Balaban J connectivity index is 1.68. The number of ether oxygens (including phenoxy) is 1. The highest BCUT2D eigenvalue weighted by molar-refractivity contribution is 8.15. The van der Waals surface area contributed by atoms with Crippen LogP contribution in [0.5, 0.6) is 0 Å². The van der Waals surface area contributed by atoms with Crippen LogP contribution in [0.15, 0.2) is 24.4 Å². The summed E-state index contributed by atoms with van der Waals surface area (Å²) in [5.74, 6) is 0.502. The van der Waals surface area contributed by atoms with Crippen LogP contribution in [0.2, 0.25) is 0 Å². The number of nitrogens with zero attached hydrogens (tertiary/aromatic N) is 1. The number of amides is 2. The van der Waals surface area contributed by atoms with Gasteiger partial charge in [0.15, 0.2) is 0 Å². The van der Waals surface area contributed by atoms with Gasteiger partial charge in [-0.15, -0.1) is 0 Å². The van der Waals surface area contributed by atoms with E-state index in [9.17, 15) is 9.59 Å². The van der Waals surface area contributed by atoms with Crippen molar-refractivity contribution in [3.05, 3.63) is 24.4 Å². The van der Waals surface area contributed by atoms with Crippen molar-refractivity contribution in [1.82, 2.24) is 10.3 Å². The van der Waals surface area contributed by atoms with Crippen LogP contribution in [0.4, 0.5) is 10.6 Å². The Hall–Kier alpha value is -1.60. The van der Waals surface area contributed by atoms with Gasteiger partial charge in [-0.3, -0.25) is 14.9 Å². The predicted octanol–water partition coefficient (Wildman–Crippen LogP) is 1.25. The van der Waals surface area contributed by atoms with Crippen LogP contribution >= 0.6 is 11.8 Å². The Bertz CT molecular complexity index is 455. The zero-order valence-corrected chi connectivity index (χ0v) is 11.3. The van der Waals surface area contributed by atoms with E-state index in [0.29, 0.717) is 6.61 Å². The highest BCUT2D eigenvalue weighted by Gasteiger charge is 2.31. The van der Waals surface area contributed by atoms with Crippen molar-refractivity contribution >= 4 is 28.7 Å². The van der Waals surface area contributed by atoms with Crippen LogP contribution in [0.1, 0.15) is 6.92 Å². The summed E-state index contributed by atoms with van der Waals surface area (Å²) in [6.45, 7) is 2.63. The van der Waals surface area contributed by atoms with Gasteiger partial charge in [0, 0.05) is 12.2 Å². The molecule has 0 aromatic carbocycles. The number of hydrogen-bond acceptors (Lipinski definition) is 6. The van der Waals surface area contributed by atoms with E-state index in [4.69, 9.17) is 4.74 Å². The zero-order chi connectivity index (χ0) is 13.7. The number of hydrogen-bond donors (Lipinski definition) is 2. The van der Waals surface area contributed by atoms with Gasteiger partial charge in [-0.05, 0) is 30.8 Å². The second kappa shape index (κ2) is 6.53. The third-order valence-corrected chi connectivity index (χ3v) is 3.41. The van der Waals surface area contributed by atoms with Gasteiger partial charge >= 0.3 is 0 Å². The molecule has 6 nitrogen and oxygen atoms in total. The van der Waals surface area contributed by atoms with Crippen LogP contribution in [0, 0.1) is 0 Å². The monoisotopic (exact) mass is 281 g/mol. The number of imide groups is 1. The first-order chi connectivity index (χ1) is 9.15. The average molecular weight is 281 g/mol. The van der Waals surface area contributed by atoms with Crippen LogP contribution in [-0.2, 0) is 9.53 Å². The summed E-state index contributed by atoms with van der Waals surface area (Å²) in [4.78, 5) is 26.4. The number of carbonyl (C=O) groups is 2. The van der Waals surface area contributed by atoms with E-state index in [1.807, 2.05) is 25.1 Å². The lowest BCUT2D eigenvalue weighted by Gasteiger charge is -2.15. The molecule has 0 saturated carbocycles. The highest BCUT2D eigenvalue weighted by Crippen LogP contribution is 2.19. The normalized spacial score (nSPS) is 20.2. The molecule has 7 heteroatoms. The molecule has 1 aliphatic heterocycles. The lowest BCUT2D eigenvalue weighted by molar-refractivity contribution is -0.119. The van der Waals surface area contributed by atoms with Gasteiger partial charge in [-0.2, -0.15) is 0 Å². The van der Waals surface area contributed by atoms with Crippen LogP contribution in [-0.4, -0.2) is 40.6 Å². The molecular formula is C12H15N3O3S. The smallest absolute Gasteiger partial charge is 0.286 e. The van der Waals surface area contributed by atoms with Crippen molar-refractivity contribution in [2.45, 2.75) is 18.2 Å². The third-order valence-electron chi connectivity index (χ3n) is 2.46. The van der Waals surface area contributed by atoms with Crippen LogP contribution < -0.4 is 10.6 Å². The molecule has 2 heterocycles. The number of carbonyl (C=O) groups excluding carboxylic acids is 2. The van der Waals surface area contributed by atoms with Crippen LogP contribution in [0.25, 0.3) is 0 Å². The van der Waals surface area contributed by atoms with Gasteiger partial charge in [0.05, 0.1) is 13.2 Å². The molecule has 19 heavy (non-hydrogen) atoms. The Kier molecular flexibility index (Phi) is 4.75. The average Bonchev–Trinajstić information content (AvgIpc) is 2.69. The number of nitrogens with one attached hydrogen (secondary N) is 2. The molecule has 2 N–H and O–H groups in total. The molecule has 2 amide bonds. The molecule has 1 fully saturated rings. The molecule has 1 aromatic rings. The summed E-state index contributed by atoms with van der Waals surface area (Å²) >= 11 is 0.972. The van der Waals surface area contributed by atoms with Gasteiger partial charge in [-0.1, -0.05) is 6.07 Å². The first-order valence-electron chi connectivity index (χ1n) is 5.92. The maximum absolute atomic E-state index is 11.3. The lowest BCUT2D eigenvalue weighted by Crippen LogP contribution is -2.29. The molecule has 102 valence electrons. The van der Waals surface area contributed by atoms with Crippen molar-refractivity contribution in [2.24, 2.45) is 0 Å². The van der Waals surface area contributed by atoms with Crippen molar-refractivity contribution in [3.8, 4) is 0 Å². The van der Waals surface area contributed by atoms with E-state index >= 15 is 0 Å². The molecule has 0 radical (unpaired) electrons. The highest BCUT2D eigenvalue weighted by atomic mass is 32.2. The molecule has 0 aliphatic carbocycles. The van der Waals surface area contributed by atoms with E-state index in [0.717, 1.165) is 17.6 Å². The number of rotatable bonds is 6. The standard InChI is InChI=1S/C12H15N3O3S/c1-8(14-10-4-2-3-5-13-10)6-18-7-9-11(16)15-12(17)19-9/h2-5,8-9H,6-7H2,1H3,(H,13,14)(H,15,16,17). The van der Waals surface area contributed by atoms with Crippen molar-refractivity contribution in [3.63, 3.8) is 0 Å². The van der Waals surface area contributed by atoms with Gasteiger partial charge in [0.2, 0.25) is 5.91 Å². The van der Waals surface area contributed by atoms with Gasteiger partial charge in [-0.25, -0.2) is 4.98 Å². The van der Waals surface area contributed by atoms with Gasteiger partial charge in [0.1, 0.15) is 11.1 Å². The van der Waals surface area contributed by atoms with E-state index in [1.54, 1.807) is 6.20 Å². The molecule has 0 bridgehead atoms. The maximum atomic E-state index is 11.3. The molecule has 1 saturated heterocycles. The first kappa shape index (κ1) is 13.8. The summed E-state index contributed by atoms with van der Waals surface area (Å²) in [6, 6.07) is 5.68. The molecule has 0 spiro atoms. The Morgan fingerprint density at radius 3 is 3.00 bits per heavy atom. The van der Waals surface area contributed by atoms with E-state index in [-0.39, 0.29) is 23.8 Å². The third kappa shape index (κ3) is 4.22. The minimum absolute atomic E-state index is 0.0695. The summed E-state index contributed by atoms with van der Waals surface area (Å²) in [6.07, 6.45) is 1.71. The van der Waals surface area contributed by atoms with Crippen molar-refractivity contribution in [1.29, 1.82) is 0 Å². The van der Waals surface area contributed by atoms with E-state index in [1.165, 1.54) is 0 Å². The quantitative estimate of drug-likeness (QED) is 0.817. The summed E-state index contributed by atoms with van der Waals surface area (Å²) in [7, 11) is 0. The SMILES string of the molecule is CC(COCC1SC(=O)NC1=O)Nc1ccccn1. The largest absolute Gasteiger partial charge is 0.378 e. The molecule has 2 rings (SSSR count). The second-order valence-corrected chi connectivity index (χ2v) is 5.36. The summed E-state index contributed by atoms with van der Waals surface area (Å²) in [5.41, 5.74) is 0. The van der Waals surface area contributed by atoms with E-state index < -0.39 is 5.25 Å². The Morgan fingerprint density at radius 2 is 2.37 bits per heavy atom. The molecule has 1 aliphatic rings. The Labute approximate surface area is 115 Å². The number of thioether (sulfide) groups is 1.